The van der Waals surface area contributed by atoms with Crippen LogP contribution in [-0.4, -0.2) is 56.7 Å². The summed E-state index contributed by atoms with van der Waals surface area (Å²) in [5.41, 5.74) is 1.55. The van der Waals surface area contributed by atoms with Crippen molar-refractivity contribution in [1.29, 1.82) is 0 Å². The summed E-state index contributed by atoms with van der Waals surface area (Å²) in [7, 11) is 3.15. The first kappa shape index (κ1) is 22.6. The van der Waals surface area contributed by atoms with Crippen molar-refractivity contribution in [3.63, 3.8) is 0 Å². The molecule has 0 spiro atoms. The van der Waals surface area contributed by atoms with E-state index in [9.17, 15) is 9.59 Å². The molecule has 7 heteroatoms. The molecule has 1 fully saturated rings. The zero-order chi connectivity index (χ0) is 22.2. The van der Waals surface area contributed by atoms with E-state index in [1.54, 1.807) is 24.1 Å². The lowest BCUT2D eigenvalue weighted by molar-refractivity contribution is -0.136. The van der Waals surface area contributed by atoms with Crippen molar-refractivity contribution in [2.45, 2.75) is 31.9 Å². The van der Waals surface area contributed by atoms with Crippen molar-refractivity contribution >= 4 is 11.8 Å². The van der Waals surface area contributed by atoms with Crippen molar-refractivity contribution in [2.24, 2.45) is 0 Å². The van der Waals surface area contributed by atoms with Gasteiger partial charge in [-0.25, -0.2) is 0 Å². The summed E-state index contributed by atoms with van der Waals surface area (Å²) in [6.45, 7) is 3.38. The van der Waals surface area contributed by atoms with Gasteiger partial charge >= 0.3 is 0 Å². The van der Waals surface area contributed by atoms with Crippen LogP contribution in [0.1, 0.15) is 41.7 Å². The lowest BCUT2D eigenvalue weighted by Gasteiger charge is -2.32. The van der Waals surface area contributed by atoms with Crippen LogP contribution in [0.25, 0.3) is 0 Å². The first-order valence-corrected chi connectivity index (χ1v) is 10.5. The minimum Gasteiger partial charge on any atom is -0.497 e. The van der Waals surface area contributed by atoms with E-state index in [0.717, 1.165) is 29.9 Å². The van der Waals surface area contributed by atoms with Crippen molar-refractivity contribution in [3.05, 3.63) is 59.7 Å². The topological polar surface area (TPSA) is 77.1 Å². The molecule has 7 nitrogen and oxygen atoms in total. The zero-order valence-corrected chi connectivity index (χ0v) is 18.3. The van der Waals surface area contributed by atoms with Crippen LogP contribution in [-0.2, 0) is 9.53 Å². The van der Waals surface area contributed by atoms with Crippen LogP contribution in [0.5, 0.6) is 11.5 Å². The van der Waals surface area contributed by atoms with Gasteiger partial charge in [0.15, 0.2) is 0 Å². The quantitative estimate of drug-likeness (QED) is 0.702. The Kier molecular flexibility index (Phi) is 7.89. The number of benzene rings is 2. The van der Waals surface area contributed by atoms with Crippen LogP contribution in [0, 0.1) is 0 Å². The van der Waals surface area contributed by atoms with Gasteiger partial charge in [0, 0.05) is 38.6 Å². The largest absolute Gasteiger partial charge is 0.497 e. The summed E-state index contributed by atoms with van der Waals surface area (Å²) < 4.78 is 16.2. The number of carbonyl (C=O) groups is 2. The summed E-state index contributed by atoms with van der Waals surface area (Å²) in [4.78, 5) is 26.3. The van der Waals surface area contributed by atoms with Gasteiger partial charge in [0.1, 0.15) is 24.2 Å². The number of carbonyl (C=O) groups excluding carboxylic acids is 2. The van der Waals surface area contributed by atoms with Crippen LogP contribution in [0.3, 0.4) is 0 Å². The summed E-state index contributed by atoms with van der Waals surface area (Å²) in [5, 5.41) is 3.01. The minimum absolute atomic E-state index is 0.0134. The van der Waals surface area contributed by atoms with Crippen LogP contribution < -0.4 is 14.8 Å². The lowest BCUT2D eigenvalue weighted by atomic mass is 10.1. The highest BCUT2D eigenvalue weighted by Gasteiger charge is 2.23. The molecule has 1 atom stereocenters. The second kappa shape index (κ2) is 10.8. The Labute approximate surface area is 183 Å². The van der Waals surface area contributed by atoms with Gasteiger partial charge in [-0.2, -0.15) is 0 Å². The van der Waals surface area contributed by atoms with E-state index in [4.69, 9.17) is 14.2 Å². The molecule has 1 saturated heterocycles. The van der Waals surface area contributed by atoms with E-state index >= 15 is 0 Å². The van der Waals surface area contributed by atoms with E-state index in [1.165, 1.54) is 7.11 Å². The number of likely N-dealkylation sites (tertiary alicyclic amines) is 1. The number of piperidine rings is 1. The molecule has 0 radical (unpaired) electrons. The van der Waals surface area contributed by atoms with Crippen molar-refractivity contribution in [1.82, 2.24) is 10.2 Å². The molecule has 1 aliphatic rings. The van der Waals surface area contributed by atoms with Gasteiger partial charge in [-0.1, -0.05) is 12.1 Å². The minimum atomic E-state index is -0.149. The fraction of sp³-hybridized carbons (Fsp3) is 0.417. The monoisotopic (exact) mass is 426 g/mol. The molecule has 31 heavy (non-hydrogen) atoms. The van der Waals surface area contributed by atoms with Gasteiger partial charge < -0.3 is 24.4 Å². The molecule has 2 aromatic carbocycles. The maximum absolute atomic E-state index is 12.6. The molecule has 2 aromatic rings. The van der Waals surface area contributed by atoms with E-state index in [1.807, 2.05) is 43.3 Å². The van der Waals surface area contributed by atoms with E-state index in [2.05, 4.69) is 5.32 Å². The molecule has 0 aliphatic carbocycles. The van der Waals surface area contributed by atoms with Gasteiger partial charge in [-0.15, -0.1) is 0 Å². The molecule has 0 aromatic heterocycles. The van der Waals surface area contributed by atoms with Gasteiger partial charge in [0.25, 0.3) is 5.91 Å². The molecule has 0 unspecified atom stereocenters. The number of nitrogens with zero attached hydrogens (tertiary/aromatic N) is 1. The van der Waals surface area contributed by atoms with Crippen molar-refractivity contribution < 1.29 is 23.8 Å². The van der Waals surface area contributed by atoms with Crippen LogP contribution in [0.2, 0.25) is 0 Å². The third-order valence-corrected chi connectivity index (χ3v) is 5.42. The van der Waals surface area contributed by atoms with Gasteiger partial charge in [0.2, 0.25) is 5.91 Å². The summed E-state index contributed by atoms with van der Waals surface area (Å²) in [6.07, 6.45) is 1.60. The Morgan fingerprint density at radius 2 is 1.77 bits per heavy atom. The third-order valence-electron chi connectivity index (χ3n) is 5.42. The Hall–Kier alpha value is -3.06. The number of ether oxygens (including phenoxy) is 3. The fourth-order valence-corrected chi connectivity index (χ4v) is 3.59. The molecule has 2 amide bonds. The molecule has 166 valence electrons. The van der Waals surface area contributed by atoms with Crippen molar-refractivity contribution in [2.75, 3.05) is 33.9 Å². The first-order valence-electron chi connectivity index (χ1n) is 10.5. The van der Waals surface area contributed by atoms with E-state index < -0.39 is 0 Å². The maximum Gasteiger partial charge on any atom is 0.251 e. The Morgan fingerprint density at radius 3 is 2.42 bits per heavy atom. The highest BCUT2D eigenvalue weighted by molar-refractivity contribution is 5.94. The van der Waals surface area contributed by atoms with Crippen LogP contribution >= 0.6 is 0 Å². The van der Waals surface area contributed by atoms with Crippen LogP contribution in [0.15, 0.2) is 48.5 Å². The van der Waals surface area contributed by atoms with E-state index in [-0.39, 0.29) is 30.6 Å². The smallest absolute Gasteiger partial charge is 0.251 e. The SMILES string of the molecule is COCC(=O)N1CCC(Oc2ccc(C(=O)N[C@H](C)c3cccc(OC)c3)cc2)CC1. The highest BCUT2D eigenvalue weighted by Crippen LogP contribution is 2.21. The summed E-state index contributed by atoms with van der Waals surface area (Å²) >= 11 is 0. The molecule has 1 N–H and O–H groups in total. The predicted molar refractivity (Wildman–Crippen MR) is 117 cm³/mol. The molecular weight excluding hydrogens is 396 g/mol. The van der Waals surface area contributed by atoms with Gasteiger partial charge in [0.05, 0.1) is 13.2 Å². The third kappa shape index (κ3) is 6.21. The van der Waals surface area contributed by atoms with Gasteiger partial charge in [-0.3, -0.25) is 9.59 Å². The standard InChI is InChI=1S/C24H30N2O5/c1-17(19-5-4-6-22(15-19)30-3)25-24(28)18-7-9-20(10-8-18)31-21-11-13-26(14-12-21)23(27)16-29-2/h4-10,15,17,21H,11-14,16H2,1-3H3,(H,25,28)/t17-/m1/s1. The Bertz CT molecular complexity index is 876. The second-order valence-electron chi connectivity index (χ2n) is 7.63. The summed E-state index contributed by atoms with van der Waals surface area (Å²) in [6, 6.07) is 14.7. The number of amides is 2. The fourth-order valence-electron chi connectivity index (χ4n) is 3.59. The number of hydrogen-bond donors (Lipinski definition) is 1. The average Bonchev–Trinajstić information content (AvgIpc) is 2.80. The normalized spacial score (nSPS) is 15.3. The second-order valence-corrected chi connectivity index (χ2v) is 7.63. The number of rotatable bonds is 8. The molecule has 0 saturated carbocycles. The van der Waals surface area contributed by atoms with Crippen molar-refractivity contribution in [3.8, 4) is 11.5 Å². The van der Waals surface area contributed by atoms with Crippen LogP contribution in [0.4, 0.5) is 0 Å². The molecule has 1 heterocycles. The number of hydrogen-bond acceptors (Lipinski definition) is 5. The Balaban J connectivity index is 1.50. The summed E-state index contributed by atoms with van der Waals surface area (Å²) in [5.74, 6) is 1.35. The number of nitrogens with one attached hydrogen (secondary N) is 1. The number of methoxy groups -OCH3 is 2. The molecule has 1 aliphatic heterocycles. The molecule has 0 bridgehead atoms. The average molecular weight is 427 g/mol. The predicted octanol–water partition coefficient (Wildman–Crippen LogP) is 3.20. The molecule has 3 rings (SSSR count). The van der Waals surface area contributed by atoms with Gasteiger partial charge in [-0.05, 0) is 48.9 Å². The zero-order valence-electron chi connectivity index (χ0n) is 18.3. The maximum atomic E-state index is 12.6. The molecular formula is C24H30N2O5. The Morgan fingerprint density at radius 1 is 1.06 bits per heavy atom. The van der Waals surface area contributed by atoms with E-state index in [0.29, 0.717) is 18.7 Å². The highest BCUT2D eigenvalue weighted by atomic mass is 16.5. The first-order chi connectivity index (χ1) is 15.0. The lowest BCUT2D eigenvalue weighted by Crippen LogP contribution is -2.43.